The van der Waals surface area contributed by atoms with E-state index in [0.29, 0.717) is 10.6 Å². The Morgan fingerprint density at radius 3 is 2.45 bits per heavy atom. The molecule has 0 aliphatic heterocycles. The third kappa shape index (κ3) is 3.34. The lowest BCUT2D eigenvalue weighted by Crippen LogP contribution is -2.26. The molecule has 0 saturated heterocycles. The summed E-state index contributed by atoms with van der Waals surface area (Å²) >= 11 is 7.14. The average Bonchev–Trinajstić information content (AvgIpc) is 2.45. The van der Waals surface area contributed by atoms with Gasteiger partial charge in [0.15, 0.2) is 0 Å². The van der Waals surface area contributed by atoms with Crippen LogP contribution in [0, 0.1) is 3.57 Å². The van der Waals surface area contributed by atoms with E-state index in [4.69, 9.17) is 18.0 Å². The zero-order chi connectivity index (χ0) is 14.7. The summed E-state index contributed by atoms with van der Waals surface area (Å²) in [5.74, 6) is -0.0661. The molecular formula is C15H13IN2OS. The van der Waals surface area contributed by atoms with Gasteiger partial charge in [0.25, 0.3) is 5.91 Å². The van der Waals surface area contributed by atoms with Crippen molar-refractivity contribution in [2.24, 2.45) is 5.73 Å². The molecular weight excluding hydrogens is 383 g/mol. The number of hydrogen-bond donors (Lipinski definition) is 1. The van der Waals surface area contributed by atoms with Crippen molar-refractivity contribution >= 4 is 51.4 Å². The number of thiocarbonyl (C=S) groups is 1. The Balaban J connectivity index is 2.31. The molecule has 0 spiro atoms. The van der Waals surface area contributed by atoms with E-state index in [-0.39, 0.29) is 5.91 Å². The second-order valence-corrected chi connectivity index (χ2v) is 5.97. The third-order valence-electron chi connectivity index (χ3n) is 2.89. The molecule has 102 valence electrons. The van der Waals surface area contributed by atoms with Gasteiger partial charge in [-0.05, 0) is 52.9 Å². The number of anilines is 1. The van der Waals surface area contributed by atoms with Crippen molar-refractivity contribution in [1.82, 2.24) is 0 Å². The summed E-state index contributed by atoms with van der Waals surface area (Å²) in [5.41, 5.74) is 7.78. The summed E-state index contributed by atoms with van der Waals surface area (Å²) in [5, 5.41) is 0. The van der Waals surface area contributed by atoms with Crippen LogP contribution in [0.2, 0.25) is 0 Å². The first-order valence-electron chi connectivity index (χ1n) is 5.92. The van der Waals surface area contributed by atoms with Gasteiger partial charge < -0.3 is 10.6 Å². The average molecular weight is 396 g/mol. The number of benzene rings is 2. The minimum Gasteiger partial charge on any atom is -0.389 e. The van der Waals surface area contributed by atoms with Gasteiger partial charge in [-0.1, -0.05) is 30.4 Å². The monoisotopic (exact) mass is 396 g/mol. The minimum atomic E-state index is -0.0661. The number of carbonyl (C=O) groups excluding carboxylic acids is 1. The second-order valence-electron chi connectivity index (χ2n) is 4.29. The van der Waals surface area contributed by atoms with Crippen molar-refractivity contribution in [3.8, 4) is 0 Å². The van der Waals surface area contributed by atoms with Crippen molar-refractivity contribution in [2.75, 3.05) is 11.9 Å². The highest BCUT2D eigenvalue weighted by Crippen LogP contribution is 2.18. The maximum absolute atomic E-state index is 12.4. The van der Waals surface area contributed by atoms with E-state index in [0.717, 1.165) is 14.8 Å². The lowest BCUT2D eigenvalue weighted by atomic mass is 10.1. The third-order valence-corrected chi connectivity index (χ3v) is 3.80. The van der Waals surface area contributed by atoms with Crippen LogP contribution in [0.5, 0.6) is 0 Å². The van der Waals surface area contributed by atoms with Gasteiger partial charge in [0.2, 0.25) is 0 Å². The molecule has 3 nitrogen and oxygen atoms in total. The normalized spacial score (nSPS) is 10.1. The molecule has 0 aliphatic carbocycles. The lowest BCUT2D eigenvalue weighted by molar-refractivity contribution is 0.0993. The van der Waals surface area contributed by atoms with Gasteiger partial charge in [-0.15, -0.1) is 0 Å². The van der Waals surface area contributed by atoms with E-state index in [1.807, 2.05) is 42.5 Å². The van der Waals surface area contributed by atoms with Crippen LogP contribution in [0.3, 0.4) is 0 Å². The van der Waals surface area contributed by atoms with Crippen LogP contribution in [0.4, 0.5) is 5.69 Å². The molecule has 0 bridgehead atoms. The summed E-state index contributed by atoms with van der Waals surface area (Å²) in [7, 11) is 1.74. The number of hydrogen-bond acceptors (Lipinski definition) is 2. The van der Waals surface area contributed by atoms with Gasteiger partial charge in [-0.3, -0.25) is 4.79 Å². The van der Waals surface area contributed by atoms with Crippen LogP contribution in [-0.4, -0.2) is 17.9 Å². The van der Waals surface area contributed by atoms with Gasteiger partial charge in [0.1, 0.15) is 4.99 Å². The van der Waals surface area contributed by atoms with Crippen molar-refractivity contribution < 1.29 is 4.79 Å². The molecule has 2 aromatic rings. The Labute approximate surface area is 136 Å². The van der Waals surface area contributed by atoms with E-state index < -0.39 is 0 Å². The Morgan fingerprint density at radius 1 is 1.15 bits per heavy atom. The van der Waals surface area contributed by atoms with Gasteiger partial charge in [-0.2, -0.15) is 0 Å². The highest BCUT2D eigenvalue weighted by Gasteiger charge is 2.14. The maximum Gasteiger partial charge on any atom is 0.258 e. The fraction of sp³-hybridized carbons (Fsp3) is 0.0667. The SMILES string of the molecule is CN(C(=O)c1cccc(I)c1)c1cccc(C(N)=S)c1. The van der Waals surface area contributed by atoms with Gasteiger partial charge in [0, 0.05) is 27.4 Å². The van der Waals surface area contributed by atoms with Crippen molar-refractivity contribution in [3.05, 3.63) is 63.2 Å². The van der Waals surface area contributed by atoms with Crippen LogP contribution in [0.25, 0.3) is 0 Å². The van der Waals surface area contributed by atoms with Crippen LogP contribution in [-0.2, 0) is 0 Å². The van der Waals surface area contributed by atoms with Gasteiger partial charge in [-0.25, -0.2) is 0 Å². The lowest BCUT2D eigenvalue weighted by Gasteiger charge is -2.18. The highest BCUT2D eigenvalue weighted by atomic mass is 127. The molecule has 2 aromatic carbocycles. The summed E-state index contributed by atoms with van der Waals surface area (Å²) in [4.78, 5) is 14.3. The van der Waals surface area contributed by atoms with Crippen molar-refractivity contribution in [1.29, 1.82) is 0 Å². The van der Waals surface area contributed by atoms with E-state index in [1.165, 1.54) is 0 Å². The number of nitrogens with two attached hydrogens (primary N) is 1. The summed E-state index contributed by atoms with van der Waals surface area (Å²) in [6, 6.07) is 14.8. The zero-order valence-corrected chi connectivity index (χ0v) is 13.8. The van der Waals surface area contributed by atoms with Crippen LogP contribution >= 0.6 is 34.8 Å². The standard InChI is InChI=1S/C15H13IN2OS/c1-18(13-7-3-4-10(9-13)14(17)20)15(19)11-5-2-6-12(16)8-11/h2-9H,1H3,(H2,17,20). The molecule has 0 atom stereocenters. The molecule has 0 fully saturated rings. The van der Waals surface area contributed by atoms with Crippen molar-refractivity contribution in [3.63, 3.8) is 0 Å². The first-order chi connectivity index (χ1) is 9.49. The Morgan fingerprint density at radius 2 is 1.80 bits per heavy atom. The summed E-state index contributed by atoms with van der Waals surface area (Å²) < 4.78 is 1.03. The molecule has 0 aromatic heterocycles. The Bertz CT molecular complexity index is 672. The fourth-order valence-electron chi connectivity index (χ4n) is 1.80. The molecule has 0 aliphatic rings. The minimum absolute atomic E-state index is 0.0661. The van der Waals surface area contributed by atoms with Crippen molar-refractivity contribution in [2.45, 2.75) is 0 Å². The van der Waals surface area contributed by atoms with E-state index >= 15 is 0 Å². The largest absolute Gasteiger partial charge is 0.389 e. The molecule has 0 radical (unpaired) electrons. The molecule has 2 rings (SSSR count). The number of amides is 1. The van der Waals surface area contributed by atoms with Crippen LogP contribution < -0.4 is 10.6 Å². The van der Waals surface area contributed by atoms with E-state index in [2.05, 4.69) is 22.6 Å². The smallest absolute Gasteiger partial charge is 0.258 e. The van der Waals surface area contributed by atoms with E-state index in [9.17, 15) is 4.79 Å². The van der Waals surface area contributed by atoms with Gasteiger partial charge >= 0.3 is 0 Å². The Kier molecular flexibility index (Phi) is 4.72. The first-order valence-corrected chi connectivity index (χ1v) is 7.41. The topological polar surface area (TPSA) is 46.3 Å². The highest BCUT2D eigenvalue weighted by molar-refractivity contribution is 14.1. The molecule has 20 heavy (non-hydrogen) atoms. The molecule has 0 heterocycles. The molecule has 1 amide bonds. The predicted octanol–water partition coefficient (Wildman–Crippen LogP) is 3.20. The van der Waals surface area contributed by atoms with E-state index in [1.54, 1.807) is 18.0 Å². The zero-order valence-electron chi connectivity index (χ0n) is 10.8. The fourth-order valence-corrected chi connectivity index (χ4v) is 2.47. The number of nitrogens with zero attached hydrogens (tertiary/aromatic N) is 1. The number of rotatable bonds is 3. The Hall–Kier alpha value is -1.47. The maximum atomic E-state index is 12.4. The summed E-state index contributed by atoms with van der Waals surface area (Å²) in [6.45, 7) is 0. The van der Waals surface area contributed by atoms with Crippen LogP contribution in [0.1, 0.15) is 15.9 Å². The summed E-state index contributed by atoms with van der Waals surface area (Å²) in [6.07, 6.45) is 0. The predicted molar refractivity (Wildman–Crippen MR) is 94.2 cm³/mol. The molecule has 0 saturated carbocycles. The van der Waals surface area contributed by atoms with Crippen LogP contribution in [0.15, 0.2) is 48.5 Å². The molecule has 0 unspecified atom stereocenters. The second kappa shape index (κ2) is 6.32. The number of halogens is 1. The first kappa shape index (κ1) is 14.9. The van der Waals surface area contributed by atoms with Gasteiger partial charge in [0.05, 0.1) is 0 Å². The number of carbonyl (C=O) groups is 1. The quantitative estimate of drug-likeness (QED) is 0.641. The molecule has 5 heteroatoms. The molecule has 2 N–H and O–H groups in total.